The number of benzene rings is 2. The first-order valence-corrected chi connectivity index (χ1v) is 7.78. The number of aldehydes is 1. The molecule has 1 aliphatic carbocycles. The largest absolute Gasteiger partial charge is 0.303 e. The molecule has 2 aromatic carbocycles. The van der Waals surface area contributed by atoms with Crippen molar-refractivity contribution in [1.82, 2.24) is 0 Å². The molecule has 0 N–H and O–H groups in total. The Hall–Kier alpha value is -2.48. The zero-order chi connectivity index (χ0) is 16.3. The lowest BCUT2D eigenvalue weighted by Gasteiger charge is -2.32. The number of hydrogen-bond donors (Lipinski definition) is 0. The minimum atomic E-state index is -1.70. The van der Waals surface area contributed by atoms with Crippen molar-refractivity contribution in [3.05, 3.63) is 89.5 Å². The Balaban J connectivity index is 2.01. The summed E-state index contributed by atoms with van der Waals surface area (Å²) in [4.78, 5) is 11.1. The molecule has 0 fully saturated rings. The van der Waals surface area contributed by atoms with Crippen molar-refractivity contribution < 1.29 is 9.18 Å². The lowest BCUT2D eigenvalue weighted by atomic mass is 9.76. The van der Waals surface area contributed by atoms with Crippen molar-refractivity contribution in [1.29, 1.82) is 0 Å². The van der Waals surface area contributed by atoms with Crippen LogP contribution >= 0.6 is 0 Å². The molecule has 2 atom stereocenters. The third kappa shape index (κ3) is 3.16. The Morgan fingerprint density at radius 2 is 1.78 bits per heavy atom. The van der Waals surface area contributed by atoms with Gasteiger partial charge in [0.15, 0.2) is 0 Å². The predicted molar refractivity (Wildman–Crippen MR) is 92.0 cm³/mol. The van der Waals surface area contributed by atoms with Gasteiger partial charge in [-0.2, -0.15) is 0 Å². The summed E-state index contributed by atoms with van der Waals surface area (Å²) in [6.07, 6.45) is 5.94. The van der Waals surface area contributed by atoms with E-state index < -0.39 is 11.6 Å². The fraction of sp³-hybridized carbons (Fsp3) is 0.190. The van der Waals surface area contributed by atoms with Crippen molar-refractivity contribution in [2.45, 2.75) is 24.9 Å². The topological polar surface area (TPSA) is 17.1 Å². The SMILES string of the molecule is Cc1ccc(C2C=CC(c3ccccc3)=CC2(F)CC=O)cc1. The minimum Gasteiger partial charge on any atom is -0.303 e. The average molecular weight is 306 g/mol. The molecule has 0 spiro atoms. The number of hydrogen-bond acceptors (Lipinski definition) is 1. The van der Waals surface area contributed by atoms with Gasteiger partial charge in [-0.05, 0) is 29.7 Å². The maximum Gasteiger partial charge on any atom is 0.146 e. The Labute approximate surface area is 136 Å². The Kier molecular flexibility index (Phi) is 4.24. The smallest absolute Gasteiger partial charge is 0.146 e. The third-order valence-corrected chi connectivity index (χ3v) is 4.32. The van der Waals surface area contributed by atoms with E-state index in [1.165, 1.54) is 0 Å². The summed E-state index contributed by atoms with van der Waals surface area (Å²) in [6.45, 7) is 2.00. The molecule has 0 heterocycles. The second kappa shape index (κ2) is 6.33. The maximum atomic E-state index is 15.6. The molecule has 3 rings (SSSR count). The van der Waals surface area contributed by atoms with Crippen LogP contribution in [0.2, 0.25) is 0 Å². The molecule has 1 nitrogen and oxygen atoms in total. The first kappa shape index (κ1) is 15.4. The number of allylic oxidation sites excluding steroid dienone is 4. The molecule has 23 heavy (non-hydrogen) atoms. The van der Waals surface area contributed by atoms with E-state index in [4.69, 9.17) is 0 Å². The highest BCUT2D eigenvalue weighted by molar-refractivity contribution is 5.77. The normalized spacial score (nSPS) is 23.4. The molecule has 1 aliphatic rings. The van der Waals surface area contributed by atoms with Gasteiger partial charge in [-0.15, -0.1) is 0 Å². The lowest BCUT2D eigenvalue weighted by molar-refractivity contribution is -0.109. The fourth-order valence-electron chi connectivity index (χ4n) is 3.04. The van der Waals surface area contributed by atoms with E-state index in [-0.39, 0.29) is 6.42 Å². The lowest BCUT2D eigenvalue weighted by Crippen LogP contribution is -2.31. The molecule has 116 valence electrons. The van der Waals surface area contributed by atoms with Crippen LogP contribution in [0.15, 0.2) is 72.8 Å². The molecule has 2 aromatic rings. The van der Waals surface area contributed by atoms with Gasteiger partial charge in [0.05, 0.1) is 0 Å². The quantitative estimate of drug-likeness (QED) is 0.724. The fourth-order valence-corrected chi connectivity index (χ4v) is 3.04. The van der Waals surface area contributed by atoms with Gasteiger partial charge in [0, 0.05) is 12.3 Å². The average Bonchev–Trinajstić information content (AvgIpc) is 2.57. The van der Waals surface area contributed by atoms with E-state index >= 15 is 4.39 Å². The molecular formula is C21H19FO. The molecule has 0 amide bonds. The summed E-state index contributed by atoms with van der Waals surface area (Å²) in [7, 11) is 0. The molecule has 2 heteroatoms. The van der Waals surface area contributed by atoms with Gasteiger partial charge in [-0.3, -0.25) is 0 Å². The van der Waals surface area contributed by atoms with Crippen LogP contribution in [-0.2, 0) is 4.79 Å². The molecule has 2 unspecified atom stereocenters. The Bertz CT molecular complexity index is 743. The van der Waals surface area contributed by atoms with E-state index in [2.05, 4.69) is 0 Å². The van der Waals surface area contributed by atoms with Crippen LogP contribution in [0.1, 0.15) is 29.0 Å². The maximum absolute atomic E-state index is 15.6. The molecule has 0 aromatic heterocycles. The van der Waals surface area contributed by atoms with Gasteiger partial charge in [-0.25, -0.2) is 4.39 Å². The van der Waals surface area contributed by atoms with Crippen LogP contribution in [0.5, 0.6) is 0 Å². The first-order valence-electron chi connectivity index (χ1n) is 7.78. The number of rotatable bonds is 4. The zero-order valence-corrected chi connectivity index (χ0v) is 13.1. The Morgan fingerprint density at radius 3 is 2.43 bits per heavy atom. The van der Waals surface area contributed by atoms with Gasteiger partial charge in [0.25, 0.3) is 0 Å². The summed E-state index contributed by atoms with van der Waals surface area (Å²) in [5.74, 6) is -0.444. The summed E-state index contributed by atoms with van der Waals surface area (Å²) in [5, 5.41) is 0. The van der Waals surface area contributed by atoms with Crippen LogP contribution in [0.25, 0.3) is 5.57 Å². The summed E-state index contributed by atoms with van der Waals surface area (Å²) in [6, 6.07) is 17.5. The second-order valence-electron chi connectivity index (χ2n) is 6.01. The van der Waals surface area contributed by atoms with Gasteiger partial charge >= 0.3 is 0 Å². The molecular weight excluding hydrogens is 287 g/mol. The number of alkyl halides is 1. The van der Waals surface area contributed by atoms with Crippen LogP contribution in [0, 0.1) is 6.92 Å². The number of carbonyl (C=O) groups is 1. The standard InChI is InChI=1S/C21H19FO/c1-16-7-9-18(10-8-16)20-12-11-19(15-21(20,22)13-14-23)17-5-3-2-4-6-17/h2-12,14-15,20H,13H2,1H3. The number of aryl methyl sites for hydroxylation is 1. The summed E-state index contributed by atoms with van der Waals surface area (Å²) >= 11 is 0. The third-order valence-electron chi connectivity index (χ3n) is 4.32. The molecule has 0 radical (unpaired) electrons. The van der Waals surface area contributed by atoms with E-state index in [0.717, 1.165) is 22.3 Å². The Morgan fingerprint density at radius 1 is 1.09 bits per heavy atom. The van der Waals surface area contributed by atoms with Gasteiger partial charge < -0.3 is 4.79 Å². The molecule has 0 aliphatic heterocycles. The monoisotopic (exact) mass is 306 g/mol. The summed E-state index contributed by atoms with van der Waals surface area (Å²) < 4.78 is 15.6. The number of carbonyl (C=O) groups excluding carboxylic acids is 1. The van der Waals surface area contributed by atoms with Crippen LogP contribution in [0.3, 0.4) is 0 Å². The second-order valence-corrected chi connectivity index (χ2v) is 6.01. The van der Waals surface area contributed by atoms with Crippen molar-refractivity contribution in [3.8, 4) is 0 Å². The predicted octanol–water partition coefficient (Wildman–Crippen LogP) is 5.03. The molecule has 0 saturated heterocycles. The van der Waals surface area contributed by atoms with Gasteiger partial charge in [0.2, 0.25) is 0 Å². The molecule has 0 bridgehead atoms. The van der Waals surface area contributed by atoms with Gasteiger partial charge in [-0.1, -0.05) is 72.3 Å². The van der Waals surface area contributed by atoms with Crippen molar-refractivity contribution in [3.63, 3.8) is 0 Å². The first-order chi connectivity index (χ1) is 11.1. The highest BCUT2D eigenvalue weighted by atomic mass is 19.1. The van der Waals surface area contributed by atoms with Crippen LogP contribution < -0.4 is 0 Å². The van der Waals surface area contributed by atoms with Crippen LogP contribution in [0.4, 0.5) is 4.39 Å². The van der Waals surface area contributed by atoms with E-state index in [0.29, 0.717) is 6.29 Å². The van der Waals surface area contributed by atoms with E-state index in [9.17, 15) is 4.79 Å². The highest BCUT2D eigenvalue weighted by Gasteiger charge is 2.38. The molecule has 0 saturated carbocycles. The summed E-state index contributed by atoms with van der Waals surface area (Å²) in [5.41, 5.74) is 2.10. The number of halogens is 1. The van der Waals surface area contributed by atoms with Crippen LogP contribution in [-0.4, -0.2) is 12.0 Å². The van der Waals surface area contributed by atoms with Crippen molar-refractivity contribution in [2.24, 2.45) is 0 Å². The van der Waals surface area contributed by atoms with E-state index in [1.807, 2.05) is 73.7 Å². The minimum absolute atomic E-state index is 0.147. The van der Waals surface area contributed by atoms with E-state index in [1.54, 1.807) is 6.08 Å². The van der Waals surface area contributed by atoms with Crippen molar-refractivity contribution in [2.75, 3.05) is 0 Å². The zero-order valence-electron chi connectivity index (χ0n) is 13.1. The van der Waals surface area contributed by atoms with Crippen molar-refractivity contribution >= 4 is 11.9 Å². The highest BCUT2D eigenvalue weighted by Crippen LogP contribution is 2.42. The van der Waals surface area contributed by atoms with Gasteiger partial charge in [0.1, 0.15) is 12.0 Å².